The maximum Gasteiger partial charge on any atom is 0.274 e. The van der Waals surface area contributed by atoms with Crippen molar-refractivity contribution in [3.63, 3.8) is 0 Å². The average molecular weight is 253 g/mol. The third-order valence-electron chi connectivity index (χ3n) is 2.44. The van der Waals surface area contributed by atoms with Crippen LogP contribution in [0.5, 0.6) is 5.75 Å². The first-order valence-electron chi connectivity index (χ1n) is 5.41. The fourth-order valence-electron chi connectivity index (χ4n) is 1.45. The maximum atomic E-state index is 11.4. The van der Waals surface area contributed by atoms with E-state index in [0.717, 1.165) is 0 Å². The molecule has 1 aromatic carbocycles. The van der Waals surface area contributed by atoms with Crippen molar-refractivity contribution in [1.82, 2.24) is 5.43 Å². The molecule has 1 aromatic rings. The minimum atomic E-state index is -0.713. The molecule has 0 aliphatic rings. The van der Waals surface area contributed by atoms with Gasteiger partial charge in [-0.25, -0.2) is 5.84 Å². The zero-order valence-corrected chi connectivity index (χ0v) is 10.2. The molecule has 7 nitrogen and oxygen atoms in total. The molecule has 0 saturated carbocycles. The summed E-state index contributed by atoms with van der Waals surface area (Å²) in [5.74, 6) is 5.03. The van der Waals surface area contributed by atoms with Crippen LogP contribution in [0.3, 0.4) is 0 Å². The number of hydrazine groups is 1. The number of benzene rings is 1. The fraction of sp³-hybridized carbons (Fsp3) is 0.364. The monoisotopic (exact) mass is 253 g/mol. The largest absolute Gasteiger partial charge is 0.480 e. The molecule has 0 saturated heterocycles. The van der Waals surface area contributed by atoms with Gasteiger partial charge >= 0.3 is 0 Å². The summed E-state index contributed by atoms with van der Waals surface area (Å²) in [6.45, 7) is 3.45. The summed E-state index contributed by atoms with van der Waals surface area (Å²) in [6.07, 6.45) is -0.269. The number of carbonyl (C=O) groups is 1. The maximum absolute atomic E-state index is 11.4. The highest BCUT2D eigenvalue weighted by Gasteiger charge is 2.18. The first-order valence-corrected chi connectivity index (χ1v) is 5.41. The quantitative estimate of drug-likeness (QED) is 0.353. The van der Waals surface area contributed by atoms with E-state index in [2.05, 4.69) is 0 Å². The number of nitro groups is 1. The van der Waals surface area contributed by atoms with Crippen LogP contribution in [0.4, 0.5) is 5.69 Å². The molecule has 0 aliphatic heterocycles. The standard InChI is InChI=1S/C11H15N3O4/c1-3-9(11(15)13-12)18-10-5-4-8(14(16)17)6-7(10)2/h4-6,9H,3,12H2,1-2H3,(H,13,15). The highest BCUT2D eigenvalue weighted by molar-refractivity contribution is 5.80. The molecular formula is C11H15N3O4. The lowest BCUT2D eigenvalue weighted by Crippen LogP contribution is -2.41. The van der Waals surface area contributed by atoms with Crippen LogP contribution in [-0.2, 0) is 4.79 Å². The Morgan fingerprint density at radius 2 is 2.28 bits per heavy atom. The van der Waals surface area contributed by atoms with Crippen LogP contribution in [0.25, 0.3) is 0 Å². The molecule has 0 fully saturated rings. The van der Waals surface area contributed by atoms with Crippen molar-refractivity contribution in [3.8, 4) is 5.75 Å². The van der Waals surface area contributed by atoms with Gasteiger partial charge in [-0.05, 0) is 25.0 Å². The number of non-ortho nitro benzene ring substituents is 1. The Morgan fingerprint density at radius 3 is 2.72 bits per heavy atom. The van der Waals surface area contributed by atoms with Crippen LogP contribution >= 0.6 is 0 Å². The van der Waals surface area contributed by atoms with Crippen LogP contribution in [0.15, 0.2) is 18.2 Å². The van der Waals surface area contributed by atoms with Crippen molar-refractivity contribution in [2.45, 2.75) is 26.4 Å². The molecule has 3 N–H and O–H groups in total. The van der Waals surface area contributed by atoms with Crippen molar-refractivity contribution in [2.24, 2.45) is 5.84 Å². The van der Waals surface area contributed by atoms with Gasteiger partial charge in [-0.3, -0.25) is 20.3 Å². The molecule has 1 rings (SSSR count). The molecule has 1 amide bonds. The van der Waals surface area contributed by atoms with Crippen molar-refractivity contribution in [1.29, 1.82) is 0 Å². The number of rotatable bonds is 5. The van der Waals surface area contributed by atoms with Crippen molar-refractivity contribution >= 4 is 11.6 Å². The van der Waals surface area contributed by atoms with E-state index in [-0.39, 0.29) is 5.69 Å². The number of hydrogen-bond acceptors (Lipinski definition) is 5. The van der Waals surface area contributed by atoms with E-state index < -0.39 is 16.9 Å². The Hall–Kier alpha value is -2.15. The average Bonchev–Trinajstić information content (AvgIpc) is 2.36. The summed E-state index contributed by atoms with van der Waals surface area (Å²) in [6, 6.07) is 4.19. The predicted octanol–water partition coefficient (Wildman–Crippen LogP) is 1.05. The summed E-state index contributed by atoms with van der Waals surface area (Å²) in [7, 11) is 0. The Labute approximate surface area is 104 Å². The number of nitrogens with one attached hydrogen (secondary N) is 1. The zero-order chi connectivity index (χ0) is 13.7. The molecular weight excluding hydrogens is 238 g/mol. The lowest BCUT2D eigenvalue weighted by atomic mass is 10.2. The van der Waals surface area contributed by atoms with E-state index in [4.69, 9.17) is 10.6 Å². The fourth-order valence-corrected chi connectivity index (χ4v) is 1.45. The van der Waals surface area contributed by atoms with E-state index in [1.807, 2.05) is 5.43 Å². The van der Waals surface area contributed by atoms with Gasteiger partial charge in [-0.2, -0.15) is 0 Å². The van der Waals surface area contributed by atoms with Gasteiger partial charge in [0, 0.05) is 12.1 Å². The van der Waals surface area contributed by atoms with Gasteiger partial charge in [0.05, 0.1) is 4.92 Å². The molecule has 0 bridgehead atoms. The Balaban J connectivity index is 2.90. The SMILES string of the molecule is CCC(Oc1ccc([N+](=O)[O-])cc1C)C(=O)NN. The number of nitro benzene ring substituents is 1. The van der Waals surface area contributed by atoms with E-state index in [1.54, 1.807) is 13.8 Å². The van der Waals surface area contributed by atoms with E-state index in [1.165, 1.54) is 18.2 Å². The third kappa shape index (κ3) is 3.17. The van der Waals surface area contributed by atoms with Crippen molar-refractivity contribution in [3.05, 3.63) is 33.9 Å². The molecule has 0 aliphatic carbocycles. The van der Waals surface area contributed by atoms with Crippen LogP contribution in [0.2, 0.25) is 0 Å². The number of ether oxygens (including phenoxy) is 1. The molecule has 98 valence electrons. The first-order chi connectivity index (χ1) is 8.49. The highest BCUT2D eigenvalue weighted by atomic mass is 16.6. The third-order valence-corrected chi connectivity index (χ3v) is 2.44. The van der Waals surface area contributed by atoms with E-state index >= 15 is 0 Å². The predicted molar refractivity (Wildman–Crippen MR) is 64.9 cm³/mol. The van der Waals surface area contributed by atoms with Crippen LogP contribution in [0, 0.1) is 17.0 Å². The summed E-state index contributed by atoms with van der Waals surface area (Å²) in [5, 5.41) is 10.6. The minimum Gasteiger partial charge on any atom is -0.480 e. The van der Waals surface area contributed by atoms with Crippen LogP contribution < -0.4 is 16.0 Å². The van der Waals surface area contributed by atoms with Crippen LogP contribution in [-0.4, -0.2) is 16.9 Å². The minimum absolute atomic E-state index is 0.0174. The second-order valence-electron chi connectivity index (χ2n) is 3.73. The van der Waals surface area contributed by atoms with Gasteiger partial charge in [0.25, 0.3) is 11.6 Å². The van der Waals surface area contributed by atoms with Gasteiger partial charge in [-0.1, -0.05) is 6.92 Å². The summed E-state index contributed by atoms with van der Waals surface area (Å²) < 4.78 is 5.47. The molecule has 0 radical (unpaired) electrons. The number of nitrogens with two attached hydrogens (primary N) is 1. The van der Waals surface area contributed by atoms with Crippen molar-refractivity contribution in [2.75, 3.05) is 0 Å². The number of aryl methyl sites for hydroxylation is 1. The van der Waals surface area contributed by atoms with Crippen LogP contribution in [0.1, 0.15) is 18.9 Å². The Morgan fingerprint density at radius 1 is 1.61 bits per heavy atom. The molecule has 18 heavy (non-hydrogen) atoms. The topological polar surface area (TPSA) is 107 Å². The van der Waals surface area contributed by atoms with Gasteiger partial charge in [0.2, 0.25) is 0 Å². The van der Waals surface area contributed by atoms with Gasteiger partial charge in [0.1, 0.15) is 5.75 Å². The molecule has 7 heteroatoms. The molecule has 1 unspecified atom stereocenters. The molecule has 0 aromatic heterocycles. The zero-order valence-electron chi connectivity index (χ0n) is 10.2. The van der Waals surface area contributed by atoms with Crippen molar-refractivity contribution < 1.29 is 14.5 Å². The van der Waals surface area contributed by atoms with Gasteiger partial charge < -0.3 is 4.74 Å². The van der Waals surface area contributed by atoms with E-state index in [0.29, 0.717) is 17.7 Å². The number of nitrogens with zero attached hydrogens (tertiary/aromatic N) is 1. The summed E-state index contributed by atoms with van der Waals surface area (Å²) in [5.41, 5.74) is 2.59. The summed E-state index contributed by atoms with van der Waals surface area (Å²) >= 11 is 0. The Bertz CT molecular complexity index is 462. The number of hydrogen-bond donors (Lipinski definition) is 2. The second-order valence-corrected chi connectivity index (χ2v) is 3.73. The smallest absolute Gasteiger partial charge is 0.274 e. The molecule has 1 atom stereocenters. The molecule has 0 spiro atoms. The second kappa shape index (κ2) is 5.97. The number of carbonyl (C=O) groups excluding carboxylic acids is 1. The first kappa shape index (κ1) is 13.9. The van der Waals surface area contributed by atoms with E-state index in [9.17, 15) is 14.9 Å². The lowest BCUT2D eigenvalue weighted by Gasteiger charge is -2.17. The Kier molecular flexibility index (Phi) is 4.61. The van der Waals surface area contributed by atoms with Gasteiger partial charge in [-0.15, -0.1) is 0 Å². The van der Waals surface area contributed by atoms with Gasteiger partial charge in [0.15, 0.2) is 6.10 Å². The lowest BCUT2D eigenvalue weighted by molar-refractivity contribution is -0.384. The molecule has 0 heterocycles. The normalized spacial score (nSPS) is 11.7. The summed E-state index contributed by atoms with van der Waals surface area (Å²) in [4.78, 5) is 21.5. The number of amides is 1. The highest BCUT2D eigenvalue weighted by Crippen LogP contribution is 2.24.